The van der Waals surface area contributed by atoms with E-state index in [4.69, 9.17) is 4.42 Å². The molecule has 2 heterocycles. The number of furan rings is 1. The van der Waals surface area contributed by atoms with Gasteiger partial charge in [0.15, 0.2) is 0 Å². The van der Waals surface area contributed by atoms with Crippen LogP contribution in [0.2, 0.25) is 0 Å². The number of hydrogen-bond acceptors (Lipinski definition) is 3. The first-order valence-electron chi connectivity index (χ1n) is 5.96. The first kappa shape index (κ1) is 13.3. The number of aryl methyl sites for hydroxylation is 2. The van der Waals surface area contributed by atoms with Gasteiger partial charge in [-0.25, -0.2) is 0 Å². The van der Waals surface area contributed by atoms with Gasteiger partial charge in [0.25, 0.3) is 0 Å². The highest BCUT2D eigenvalue weighted by Crippen LogP contribution is 2.21. The monoisotopic (exact) mass is 308 g/mol. The maximum atomic E-state index is 5.55. The molecule has 0 aromatic carbocycles. The van der Waals surface area contributed by atoms with Crippen LogP contribution >= 0.6 is 15.9 Å². The molecule has 2 rings (SSSR count). The molecular formula is C14H17BrN2O. The summed E-state index contributed by atoms with van der Waals surface area (Å²) in [5.74, 6) is 1.94. The van der Waals surface area contributed by atoms with E-state index in [0.717, 1.165) is 28.1 Å². The van der Waals surface area contributed by atoms with E-state index >= 15 is 0 Å². The zero-order valence-corrected chi connectivity index (χ0v) is 12.4. The molecule has 0 fully saturated rings. The Morgan fingerprint density at radius 1 is 1.33 bits per heavy atom. The highest BCUT2D eigenvalue weighted by Gasteiger charge is 2.12. The second-order valence-corrected chi connectivity index (χ2v) is 5.40. The minimum atomic E-state index is 0.265. The first-order chi connectivity index (χ1) is 8.56. The molecule has 0 bridgehead atoms. The molecule has 3 nitrogen and oxygen atoms in total. The van der Waals surface area contributed by atoms with Gasteiger partial charge in [-0.15, -0.1) is 0 Å². The minimum absolute atomic E-state index is 0.265. The summed E-state index contributed by atoms with van der Waals surface area (Å²) in [7, 11) is 0. The standard InChI is InChI=1S/C14H17BrN2O/c1-9-4-14(11(3)18-9)10(2)17-7-12-5-13(15)8-16-6-12/h4-6,8,10,17H,7H2,1-3H3. The Morgan fingerprint density at radius 2 is 2.11 bits per heavy atom. The van der Waals surface area contributed by atoms with Crippen molar-refractivity contribution in [1.29, 1.82) is 0 Å². The molecule has 96 valence electrons. The summed E-state index contributed by atoms with van der Waals surface area (Å²) in [5.41, 5.74) is 2.38. The topological polar surface area (TPSA) is 38.1 Å². The van der Waals surface area contributed by atoms with E-state index in [-0.39, 0.29) is 6.04 Å². The van der Waals surface area contributed by atoms with E-state index in [1.165, 1.54) is 5.56 Å². The number of rotatable bonds is 4. The second-order valence-electron chi connectivity index (χ2n) is 4.48. The van der Waals surface area contributed by atoms with Crippen molar-refractivity contribution >= 4 is 15.9 Å². The zero-order chi connectivity index (χ0) is 13.1. The number of pyridine rings is 1. The molecule has 0 amide bonds. The highest BCUT2D eigenvalue weighted by molar-refractivity contribution is 9.10. The van der Waals surface area contributed by atoms with Crippen LogP contribution in [0.25, 0.3) is 0 Å². The van der Waals surface area contributed by atoms with E-state index in [1.807, 2.05) is 20.0 Å². The van der Waals surface area contributed by atoms with Gasteiger partial charge in [0, 0.05) is 35.0 Å². The number of hydrogen-bond donors (Lipinski definition) is 1. The molecule has 2 aromatic heterocycles. The summed E-state index contributed by atoms with van der Waals surface area (Å²) < 4.78 is 6.55. The maximum absolute atomic E-state index is 5.55. The average Bonchev–Trinajstić information content (AvgIpc) is 2.66. The van der Waals surface area contributed by atoms with Gasteiger partial charge in [-0.05, 0) is 54.4 Å². The number of nitrogens with zero attached hydrogens (tertiary/aromatic N) is 1. The van der Waals surface area contributed by atoms with Crippen molar-refractivity contribution in [3.63, 3.8) is 0 Å². The predicted octanol–water partition coefficient (Wildman–Crippen LogP) is 3.90. The summed E-state index contributed by atoms with van der Waals surface area (Å²) in [5, 5.41) is 3.48. The molecule has 1 atom stereocenters. The van der Waals surface area contributed by atoms with Crippen LogP contribution in [0, 0.1) is 13.8 Å². The molecule has 0 aliphatic heterocycles. The normalized spacial score (nSPS) is 12.7. The van der Waals surface area contributed by atoms with Crippen LogP contribution in [-0.4, -0.2) is 4.98 Å². The second kappa shape index (κ2) is 5.67. The molecule has 4 heteroatoms. The van der Waals surface area contributed by atoms with Crippen LogP contribution < -0.4 is 5.32 Å². The van der Waals surface area contributed by atoms with Gasteiger partial charge >= 0.3 is 0 Å². The van der Waals surface area contributed by atoms with Gasteiger partial charge in [0.1, 0.15) is 11.5 Å². The van der Waals surface area contributed by atoms with Crippen LogP contribution in [0.3, 0.4) is 0 Å². The number of nitrogens with one attached hydrogen (secondary N) is 1. The summed E-state index contributed by atoms with van der Waals surface area (Å²) in [6, 6.07) is 4.42. The third kappa shape index (κ3) is 3.21. The third-order valence-corrected chi connectivity index (χ3v) is 3.35. The van der Waals surface area contributed by atoms with Crippen LogP contribution in [-0.2, 0) is 6.54 Å². The lowest BCUT2D eigenvalue weighted by atomic mass is 10.1. The van der Waals surface area contributed by atoms with Crippen molar-refractivity contribution in [2.75, 3.05) is 0 Å². The smallest absolute Gasteiger partial charge is 0.105 e. The number of halogens is 1. The van der Waals surface area contributed by atoms with E-state index in [1.54, 1.807) is 6.20 Å². The van der Waals surface area contributed by atoms with Crippen molar-refractivity contribution in [3.8, 4) is 0 Å². The zero-order valence-electron chi connectivity index (χ0n) is 10.8. The molecule has 1 unspecified atom stereocenters. The molecule has 0 spiro atoms. The Balaban J connectivity index is 2.00. The summed E-state index contributed by atoms with van der Waals surface area (Å²) >= 11 is 3.42. The Bertz CT molecular complexity index is 536. The van der Waals surface area contributed by atoms with Crippen molar-refractivity contribution in [2.24, 2.45) is 0 Å². The molecule has 0 radical (unpaired) electrons. The molecule has 2 aromatic rings. The molecule has 0 saturated heterocycles. The largest absolute Gasteiger partial charge is 0.466 e. The third-order valence-electron chi connectivity index (χ3n) is 2.92. The highest BCUT2D eigenvalue weighted by atomic mass is 79.9. The lowest BCUT2D eigenvalue weighted by Gasteiger charge is -2.13. The lowest BCUT2D eigenvalue weighted by Crippen LogP contribution is -2.18. The predicted molar refractivity (Wildman–Crippen MR) is 75.4 cm³/mol. The quantitative estimate of drug-likeness (QED) is 0.930. The Hall–Kier alpha value is -1.13. The van der Waals surface area contributed by atoms with Gasteiger partial charge in [-0.2, -0.15) is 0 Å². The summed E-state index contributed by atoms with van der Waals surface area (Å²) in [6.45, 7) is 6.91. The lowest BCUT2D eigenvalue weighted by molar-refractivity contribution is 0.489. The maximum Gasteiger partial charge on any atom is 0.105 e. The van der Waals surface area contributed by atoms with E-state index < -0.39 is 0 Å². The van der Waals surface area contributed by atoms with E-state index in [9.17, 15) is 0 Å². The van der Waals surface area contributed by atoms with Gasteiger partial charge in [0.05, 0.1) is 0 Å². The van der Waals surface area contributed by atoms with Crippen molar-refractivity contribution in [3.05, 3.63) is 51.6 Å². The van der Waals surface area contributed by atoms with Gasteiger partial charge in [0.2, 0.25) is 0 Å². The Morgan fingerprint density at radius 3 is 2.72 bits per heavy atom. The van der Waals surface area contributed by atoms with Crippen LogP contribution in [0.15, 0.2) is 33.4 Å². The molecular weight excluding hydrogens is 292 g/mol. The first-order valence-corrected chi connectivity index (χ1v) is 6.75. The Kier molecular flexibility index (Phi) is 4.19. The molecule has 0 aliphatic carbocycles. The van der Waals surface area contributed by atoms with Crippen LogP contribution in [0.4, 0.5) is 0 Å². The van der Waals surface area contributed by atoms with E-state index in [0.29, 0.717) is 0 Å². The fraction of sp³-hybridized carbons (Fsp3) is 0.357. The summed E-state index contributed by atoms with van der Waals surface area (Å²) in [6.07, 6.45) is 3.66. The van der Waals surface area contributed by atoms with Crippen molar-refractivity contribution in [1.82, 2.24) is 10.3 Å². The van der Waals surface area contributed by atoms with E-state index in [2.05, 4.69) is 45.3 Å². The average molecular weight is 309 g/mol. The van der Waals surface area contributed by atoms with Crippen molar-refractivity contribution in [2.45, 2.75) is 33.4 Å². The van der Waals surface area contributed by atoms with Gasteiger partial charge in [-0.1, -0.05) is 0 Å². The fourth-order valence-electron chi connectivity index (χ4n) is 2.01. The molecule has 0 aliphatic rings. The molecule has 1 N–H and O–H groups in total. The van der Waals surface area contributed by atoms with Gasteiger partial charge in [-0.3, -0.25) is 4.98 Å². The van der Waals surface area contributed by atoms with Crippen molar-refractivity contribution < 1.29 is 4.42 Å². The van der Waals surface area contributed by atoms with Crippen LogP contribution in [0.1, 0.15) is 35.6 Å². The summed E-state index contributed by atoms with van der Waals surface area (Å²) in [4.78, 5) is 4.15. The number of aromatic nitrogens is 1. The molecule has 0 saturated carbocycles. The molecule has 18 heavy (non-hydrogen) atoms. The Labute approximate surface area is 116 Å². The van der Waals surface area contributed by atoms with Crippen LogP contribution in [0.5, 0.6) is 0 Å². The van der Waals surface area contributed by atoms with Gasteiger partial charge < -0.3 is 9.73 Å². The minimum Gasteiger partial charge on any atom is -0.466 e. The fourth-order valence-corrected chi connectivity index (χ4v) is 2.43. The SMILES string of the molecule is Cc1cc(C(C)NCc2cncc(Br)c2)c(C)o1.